The van der Waals surface area contributed by atoms with E-state index in [1.165, 1.54) is 22.3 Å². The van der Waals surface area contributed by atoms with Crippen molar-refractivity contribution >= 4 is 0 Å². The molecule has 3 nitrogen and oxygen atoms in total. The number of benzene rings is 2. The van der Waals surface area contributed by atoms with Gasteiger partial charge in [-0.1, -0.05) is 19.1 Å². The summed E-state index contributed by atoms with van der Waals surface area (Å²) in [5, 5.41) is 9.56. The van der Waals surface area contributed by atoms with Gasteiger partial charge in [-0.2, -0.15) is 0 Å². The maximum Gasteiger partial charge on any atom is 0.119 e. The monoisotopic (exact) mass is 326 g/mol. The van der Waals surface area contributed by atoms with Crippen LogP contribution in [0, 0.1) is 5.92 Å². The maximum absolute atomic E-state index is 9.56. The minimum atomic E-state index is 0.216. The largest absolute Gasteiger partial charge is 0.497 e. The van der Waals surface area contributed by atoms with Gasteiger partial charge in [0.25, 0.3) is 0 Å². The summed E-state index contributed by atoms with van der Waals surface area (Å²) in [7, 11) is 3.42. The summed E-state index contributed by atoms with van der Waals surface area (Å²) < 4.78 is 10.8. The molecule has 128 valence electrons. The van der Waals surface area contributed by atoms with Gasteiger partial charge in [-0.05, 0) is 71.7 Å². The zero-order valence-corrected chi connectivity index (χ0v) is 14.7. The van der Waals surface area contributed by atoms with Gasteiger partial charge in [-0.3, -0.25) is 0 Å². The highest BCUT2D eigenvalue weighted by Gasteiger charge is 2.25. The quantitative estimate of drug-likeness (QED) is 0.904. The first-order chi connectivity index (χ1) is 11.7. The summed E-state index contributed by atoms with van der Waals surface area (Å²) in [5.74, 6) is 2.38. The molecule has 0 amide bonds. The third kappa shape index (κ3) is 3.27. The van der Waals surface area contributed by atoms with E-state index in [0.717, 1.165) is 30.8 Å². The van der Waals surface area contributed by atoms with E-state index in [2.05, 4.69) is 31.2 Å². The molecule has 24 heavy (non-hydrogen) atoms. The van der Waals surface area contributed by atoms with E-state index in [1.807, 2.05) is 12.1 Å². The maximum atomic E-state index is 9.56. The number of aliphatic hydroxyl groups excluding tert-OH is 1. The lowest BCUT2D eigenvalue weighted by Crippen LogP contribution is -2.11. The predicted molar refractivity (Wildman–Crippen MR) is 96.1 cm³/mol. The molecule has 0 aromatic heterocycles. The van der Waals surface area contributed by atoms with Gasteiger partial charge in [0.2, 0.25) is 0 Å². The smallest absolute Gasteiger partial charge is 0.119 e. The van der Waals surface area contributed by atoms with Gasteiger partial charge in [0.05, 0.1) is 14.2 Å². The van der Waals surface area contributed by atoms with E-state index < -0.39 is 0 Å². The van der Waals surface area contributed by atoms with Crippen molar-refractivity contribution in [2.24, 2.45) is 5.92 Å². The van der Waals surface area contributed by atoms with Crippen LogP contribution in [0.2, 0.25) is 0 Å². The van der Waals surface area contributed by atoms with Gasteiger partial charge < -0.3 is 14.6 Å². The lowest BCUT2D eigenvalue weighted by atomic mass is 9.82. The van der Waals surface area contributed by atoms with Crippen LogP contribution in [-0.2, 0) is 12.8 Å². The Bertz CT molecular complexity index is 653. The van der Waals surface area contributed by atoms with Gasteiger partial charge in [0.1, 0.15) is 11.5 Å². The Morgan fingerprint density at radius 1 is 0.958 bits per heavy atom. The van der Waals surface area contributed by atoms with Crippen LogP contribution in [0.15, 0.2) is 36.4 Å². The van der Waals surface area contributed by atoms with E-state index in [0.29, 0.717) is 5.92 Å². The average Bonchev–Trinajstić information content (AvgIpc) is 2.77. The Kier molecular flexibility index (Phi) is 5.10. The molecular weight excluding hydrogens is 300 g/mol. The number of rotatable bonds is 5. The molecule has 0 aliphatic heterocycles. The van der Waals surface area contributed by atoms with Crippen LogP contribution < -0.4 is 9.47 Å². The third-order valence-electron chi connectivity index (χ3n) is 5.06. The molecule has 0 spiro atoms. The second-order valence-corrected chi connectivity index (χ2v) is 6.71. The van der Waals surface area contributed by atoms with Crippen molar-refractivity contribution in [1.82, 2.24) is 0 Å². The van der Waals surface area contributed by atoms with Gasteiger partial charge in [-0.25, -0.2) is 0 Å². The molecule has 0 bridgehead atoms. The van der Waals surface area contributed by atoms with Crippen LogP contribution in [0.1, 0.15) is 41.5 Å². The molecule has 1 N–H and O–H groups in total. The van der Waals surface area contributed by atoms with Crippen LogP contribution in [0.3, 0.4) is 0 Å². The molecule has 0 fully saturated rings. The molecule has 2 aromatic carbocycles. The SMILES string of the molecule is COc1ccc2c(c1)CCc1cc(OC)ccc1C2CC(C)CO. The lowest BCUT2D eigenvalue weighted by Gasteiger charge is -2.23. The number of aryl methyl sites for hydroxylation is 2. The minimum absolute atomic E-state index is 0.216. The standard InChI is InChI=1S/C21H26O3/c1-14(13-22)10-21-19-8-6-17(23-2)11-15(19)4-5-16-12-18(24-3)7-9-20(16)21/h6-9,11-12,14,21-22H,4-5,10,13H2,1-3H3. The van der Waals surface area contributed by atoms with E-state index in [4.69, 9.17) is 9.47 Å². The molecule has 1 unspecified atom stereocenters. The van der Waals surface area contributed by atoms with Gasteiger partial charge >= 0.3 is 0 Å². The number of hydrogen-bond acceptors (Lipinski definition) is 3. The Labute approximate surface area is 144 Å². The summed E-state index contributed by atoms with van der Waals surface area (Å²) in [6, 6.07) is 12.8. The van der Waals surface area contributed by atoms with E-state index in [9.17, 15) is 5.11 Å². The Balaban J connectivity index is 2.09. The van der Waals surface area contributed by atoms with Crippen LogP contribution in [0.25, 0.3) is 0 Å². The first-order valence-electron chi connectivity index (χ1n) is 8.60. The van der Waals surface area contributed by atoms with Crippen LogP contribution in [-0.4, -0.2) is 25.9 Å². The Hall–Kier alpha value is -2.00. The number of aliphatic hydroxyl groups is 1. The highest BCUT2D eigenvalue weighted by atomic mass is 16.5. The minimum Gasteiger partial charge on any atom is -0.497 e. The topological polar surface area (TPSA) is 38.7 Å². The molecule has 0 radical (unpaired) electrons. The van der Waals surface area contributed by atoms with Crippen molar-refractivity contribution in [2.45, 2.75) is 32.1 Å². The molecule has 3 heteroatoms. The number of fused-ring (bicyclic) bond motifs is 2. The zero-order chi connectivity index (χ0) is 17.1. The van der Waals surface area contributed by atoms with Crippen molar-refractivity contribution in [3.05, 3.63) is 58.7 Å². The summed E-state index contributed by atoms with van der Waals surface area (Å²) in [6.07, 6.45) is 2.93. The molecule has 0 heterocycles. The van der Waals surface area contributed by atoms with Crippen LogP contribution in [0.5, 0.6) is 11.5 Å². The fourth-order valence-corrected chi connectivity index (χ4v) is 3.70. The van der Waals surface area contributed by atoms with Crippen LogP contribution in [0.4, 0.5) is 0 Å². The highest BCUT2D eigenvalue weighted by Crippen LogP contribution is 2.40. The second-order valence-electron chi connectivity index (χ2n) is 6.71. The van der Waals surface area contributed by atoms with Gasteiger partial charge in [0.15, 0.2) is 0 Å². The fraction of sp³-hybridized carbons (Fsp3) is 0.429. The second kappa shape index (κ2) is 7.27. The summed E-state index contributed by atoms with van der Waals surface area (Å²) in [6.45, 7) is 2.32. The summed E-state index contributed by atoms with van der Waals surface area (Å²) >= 11 is 0. The summed E-state index contributed by atoms with van der Waals surface area (Å²) in [5.41, 5.74) is 5.42. The number of hydrogen-bond donors (Lipinski definition) is 1. The molecular formula is C21H26O3. The van der Waals surface area contributed by atoms with Gasteiger partial charge in [-0.15, -0.1) is 0 Å². The summed E-state index contributed by atoms with van der Waals surface area (Å²) in [4.78, 5) is 0. The van der Waals surface area contributed by atoms with Crippen molar-refractivity contribution in [2.75, 3.05) is 20.8 Å². The fourth-order valence-electron chi connectivity index (χ4n) is 3.70. The Morgan fingerprint density at radius 3 is 1.88 bits per heavy atom. The molecule has 1 aliphatic rings. The van der Waals surface area contributed by atoms with Gasteiger partial charge in [0, 0.05) is 12.5 Å². The van der Waals surface area contributed by atoms with Crippen molar-refractivity contribution in [3.63, 3.8) is 0 Å². The van der Waals surface area contributed by atoms with E-state index >= 15 is 0 Å². The zero-order valence-electron chi connectivity index (χ0n) is 14.7. The first-order valence-corrected chi connectivity index (χ1v) is 8.60. The number of methoxy groups -OCH3 is 2. The molecule has 3 rings (SSSR count). The average molecular weight is 326 g/mol. The molecule has 0 saturated carbocycles. The van der Waals surface area contributed by atoms with E-state index in [1.54, 1.807) is 14.2 Å². The Morgan fingerprint density at radius 2 is 1.46 bits per heavy atom. The lowest BCUT2D eigenvalue weighted by molar-refractivity contribution is 0.226. The predicted octanol–water partition coefficient (Wildman–Crippen LogP) is 3.95. The third-order valence-corrected chi connectivity index (χ3v) is 5.06. The molecule has 1 aliphatic carbocycles. The van der Waals surface area contributed by atoms with Crippen molar-refractivity contribution in [1.29, 1.82) is 0 Å². The van der Waals surface area contributed by atoms with E-state index in [-0.39, 0.29) is 12.5 Å². The normalized spacial score (nSPS) is 15.2. The highest BCUT2D eigenvalue weighted by molar-refractivity contribution is 5.49. The van der Waals surface area contributed by atoms with Crippen LogP contribution >= 0.6 is 0 Å². The first kappa shape index (κ1) is 16.8. The van der Waals surface area contributed by atoms with Crippen molar-refractivity contribution < 1.29 is 14.6 Å². The van der Waals surface area contributed by atoms with Crippen molar-refractivity contribution in [3.8, 4) is 11.5 Å². The molecule has 2 aromatic rings. The molecule has 1 atom stereocenters. The number of ether oxygens (including phenoxy) is 2. The molecule has 0 saturated heterocycles.